The first kappa shape index (κ1) is 12.5. The van der Waals surface area contributed by atoms with Crippen LogP contribution in [0.15, 0.2) is 47.5 Å². The number of benzene rings is 2. The molecule has 2 rings (SSSR count). The van der Waals surface area contributed by atoms with E-state index in [9.17, 15) is 0 Å². The Kier molecular flexibility index (Phi) is 3.88. The molecule has 0 aliphatic rings. The van der Waals surface area contributed by atoms with Crippen molar-refractivity contribution in [2.75, 3.05) is 7.11 Å². The van der Waals surface area contributed by atoms with Gasteiger partial charge in [-0.15, -0.1) is 0 Å². The Morgan fingerprint density at radius 1 is 1.17 bits per heavy atom. The van der Waals surface area contributed by atoms with Crippen molar-refractivity contribution in [2.24, 2.45) is 4.99 Å². The van der Waals surface area contributed by atoms with E-state index in [1.54, 1.807) is 7.11 Å². The predicted octanol–water partition coefficient (Wildman–Crippen LogP) is 4.40. The number of isothiocyanates is 1. The third-order valence-electron chi connectivity index (χ3n) is 2.85. The van der Waals surface area contributed by atoms with Gasteiger partial charge in [0.05, 0.1) is 18.0 Å². The van der Waals surface area contributed by atoms with E-state index < -0.39 is 0 Å². The first-order valence-corrected chi connectivity index (χ1v) is 5.99. The first-order chi connectivity index (χ1) is 8.76. The Hall–Kier alpha value is -1.96. The molecule has 0 radical (unpaired) electrons. The summed E-state index contributed by atoms with van der Waals surface area (Å²) in [4.78, 5) is 4.07. The van der Waals surface area contributed by atoms with Crippen molar-refractivity contribution in [1.29, 1.82) is 0 Å². The van der Waals surface area contributed by atoms with Gasteiger partial charge in [0, 0.05) is 0 Å². The molecule has 0 saturated heterocycles. The minimum absolute atomic E-state index is 0.843. The maximum absolute atomic E-state index is 5.24. The molecule has 90 valence electrons. The van der Waals surface area contributed by atoms with E-state index in [0.717, 1.165) is 28.1 Å². The minimum Gasteiger partial charge on any atom is -0.497 e. The molecule has 0 unspecified atom stereocenters. The van der Waals surface area contributed by atoms with Crippen LogP contribution in [0.3, 0.4) is 0 Å². The highest BCUT2D eigenvalue weighted by atomic mass is 32.1. The Bertz CT molecular complexity index is 616. The second-order valence-corrected chi connectivity index (χ2v) is 4.07. The lowest BCUT2D eigenvalue weighted by atomic mass is 9.99. The van der Waals surface area contributed by atoms with Gasteiger partial charge in [-0.3, -0.25) is 0 Å². The maximum atomic E-state index is 5.24. The number of aliphatic imine (C=N–C) groups is 1. The van der Waals surface area contributed by atoms with E-state index in [2.05, 4.69) is 34.5 Å². The lowest BCUT2D eigenvalue weighted by Gasteiger charge is -2.09. The number of rotatable bonds is 3. The number of hydrogen-bond acceptors (Lipinski definition) is 3. The number of methoxy groups -OCH3 is 1. The quantitative estimate of drug-likeness (QED) is 0.598. The second kappa shape index (κ2) is 5.58. The van der Waals surface area contributed by atoms with Gasteiger partial charge in [0.1, 0.15) is 5.75 Å². The zero-order valence-corrected chi connectivity index (χ0v) is 11.1. The normalized spacial score (nSPS) is 9.67. The molecule has 3 heteroatoms. The molecule has 2 aromatic rings. The summed E-state index contributed by atoms with van der Waals surface area (Å²) in [6.07, 6.45) is 0. The highest BCUT2D eigenvalue weighted by molar-refractivity contribution is 7.78. The largest absolute Gasteiger partial charge is 0.497 e. The Morgan fingerprint density at radius 2 is 1.94 bits per heavy atom. The average molecular weight is 255 g/mol. The molecule has 0 heterocycles. The lowest BCUT2D eigenvalue weighted by molar-refractivity contribution is 0.415. The molecule has 0 saturated carbocycles. The number of thiocarbonyl (C=S) groups is 1. The van der Waals surface area contributed by atoms with E-state index in [4.69, 9.17) is 4.74 Å². The van der Waals surface area contributed by atoms with Crippen LogP contribution < -0.4 is 4.74 Å². The molecule has 0 atom stereocenters. The molecule has 2 aromatic carbocycles. The van der Waals surface area contributed by atoms with Crippen LogP contribution in [-0.2, 0) is 0 Å². The van der Waals surface area contributed by atoms with Crippen LogP contribution >= 0.6 is 12.2 Å². The molecule has 0 aliphatic carbocycles. The van der Waals surface area contributed by atoms with Gasteiger partial charge < -0.3 is 4.74 Å². The molecule has 0 aliphatic heterocycles. The predicted molar refractivity (Wildman–Crippen MR) is 77.9 cm³/mol. The van der Waals surface area contributed by atoms with Crippen molar-refractivity contribution in [3.63, 3.8) is 0 Å². The maximum Gasteiger partial charge on any atom is 0.119 e. The Labute approximate surface area is 112 Å². The zero-order valence-electron chi connectivity index (χ0n) is 10.3. The topological polar surface area (TPSA) is 21.6 Å². The van der Waals surface area contributed by atoms with E-state index in [1.807, 2.05) is 37.3 Å². The first-order valence-electron chi connectivity index (χ1n) is 5.58. The van der Waals surface area contributed by atoms with Crippen LogP contribution in [0, 0.1) is 6.92 Å². The highest BCUT2D eigenvalue weighted by Crippen LogP contribution is 2.31. The van der Waals surface area contributed by atoms with Gasteiger partial charge in [0.2, 0.25) is 0 Å². The molecule has 2 nitrogen and oxygen atoms in total. The molecule has 0 fully saturated rings. The monoisotopic (exact) mass is 255 g/mol. The Balaban J connectivity index is 2.56. The number of hydrogen-bond donors (Lipinski definition) is 0. The molecule has 0 aromatic heterocycles. The lowest BCUT2D eigenvalue weighted by Crippen LogP contribution is -1.86. The van der Waals surface area contributed by atoms with Gasteiger partial charge in [-0.1, -0.05) is 24.3 Å². The summed E-state index contributed by atoms with van der Waals surface area (Å²) in [6, 6.07) is 13.9. The van der Waals surface area contributed by atoms with Gasteiger partial charge >= 0.3 is 0 Å². The molecular formula is C15H13NOS. The molecule has 0 N–H and O–H groups in total. The average Bonchev–Trinajstić information content (AvgIpc) is 2.41. The smallest absolute Gasteiger partial charge is 0.119 e. The van der Waals surface area contributed by atoms with Gasteiger partial charge in [-0.25, -0.2) is 0 Å². The highest BCUT2D eigenvalue weighted by Gasteiger charge is 2.06. The molecule has 0 amide bonds. The number of nitrogens with zero attached hydrogens (tertiary/aromatic N) is 1. The fraction of sp³-hybridized carbons (Fsp3) is 0.133. The van der Waals surface area contributed by atoms with E-state index >= 15 is 0 Å². The van der Waals surface area contributed by atoms with Crippen molar-refractivity contribution in [3.8, 4) is 16.9 Å². The van der Waals surface area contributed by atoms with Crippen LogP contribution in [0.1, 0.15) is 5.56 Å². The zero-order chi connectivity index (χ0) is 13.0. The fourth-order valence-electron chi connectivity index (χ4n) is 1.90. The van der Waals surface area contributed by atoms with Gasteiger partial charge in [0.15, 0.2) is 0 Å². The van der Waals surface area contributed by atoms with Crippen LogP contribution in [0.25, 0.3) is 11.1 Å². The van der Waals surface area contributed by atoms with Crippen molar-refractivity contribution < 1.29 is 4.74 Å². The van der Waals surface area contributed by atoms with E-state index in [-0.39, 0.29) is 0 Å². The van der Waals surface area contributed by atoms with E-state index in [0.29, 0.717) is 0 Å². The van der Waals surface area contributed by atoms with Crippen LogP contribution in [0.4, 0.5) is 5.69 Å². The van der Waals surface area contributed by atoms with Crippen molar-refractivity contribution >= 4 is 23.1 Å². The molecule has 18 heavy (non-hydrogen) atoms. The summed E-state index contributed by atoms with van der Waals surface area (Å²) in [5.41, 5.74) is 4.17. The fourth-order valence-corrected chi connectivity index (χ4v) is 2.00. The summed E-state index contributed by atoms with van der Waals surface area (Å²) < 4.78 is 5.24. The third kappa shape index (κ3) is 2.48. The minimum atomic E-state index is 0.843. The summed E-state index contributed by atoms with van der Waals surface area (Å²) in [7, 11) is 1.67. The summed E-state index contributed by atoms with van der Waals surface area (Å²) in [5, 5.41) is 2.41. The number of ether oxygens (including phenoxy) is 1. The van der Waals surface area contributed by atoms with Gasteiger partial charge in [-0.05, 0) is 54.0 Å². The molecular weight excluding hydrogens is 242 g/mol. The summed E-state index contributed by atoms with van der Waals surface area (Å²) >= 11 is 4.66. The third-order valence-corrected chi connectivity index (χ3v) is 2.94. The van der Waals surface area contributed by atoms with Crippen LogP contribution in [0.2, 0.25) is 0 Å². The van der Waals surface area contributed by atoms with Crippen molar-refractivity contribution in [1.82, 2.24) is 0 Å². The van der Waals surface area contributed by atoms with Crippen LogP contribution in [0.5, 0.6) is 5.75 Å². The molecule has 0 spiro atoms. The summed E-state index contributed by atoms with van der Waals surface area (Å²) in [5.74, 6) is 0.843. The van der Waals surface area contributed by atoms with Crippen molar-refractivity contribution in [3.05, 3.63) is 48.0 Å². The Morgan fingerprint density at radius 3 is 2.67 bits per heavy atom. The van der Waals surface area contributed by atoms with Gasteiger partial charge in [-0.2, -0.15) is 4.99 Å². The van der Waals surface area contributed by atoms with Crippen LogP contribution in [-0.4, -0.2) is 12.3 Å². The summed E-state index contributed by atoms with van der Waals surface area (Å²) in [6.45, 7) is 2.03. The molecule has 0 bridgehead atoms. The standard InChI is InChI=1S/C15H13NOS/c1-11-14(7-4-8-15(11)16-10-18)12-5-3-6-13(9-12)17-2/h3-9H,1-2H3. The SMILES string of the molecule is COc1cccc(-c2cccc(N=C=S)c2C)c1. The van der Waals surface area contributed by atoms with Crippen molar-refractivity contribution in [2.45, 2.75) is 6.92 Å². The second-order valence-electron chi connectivity index (χ2n) is 3.88. The van der Waals surface area contributed by atoms with Gasteiger partial charge in [0.25, 0.3) is 0 Å². The van der Waals surface area contributed by atoms with E-state index in [1.165, 1.54) is 0 Å².